The first-order chi connectivity index (χ1) is 9.71. The number of rotatable bonds is 10. The molecule has 1 rings (SSSR count). The van der Waals surface area contributed by atoms with Crippen molar-refractivity contribution in [3.63, 3.8) is 0 Å². The van der Waals surface area contributed by atoms with E-state index in [2.05, 4.69) is 37.1 Å². The Bertz CT molecular complexity index is 381. The second-order valence-corrected chi connectivity index (χ2v) is 5.22. The van der Waals surface area contributed by atoms with Crippen LogP contribution < -0.4 is 10.1 Å². The van der Waals surface area contributed by atoms with Gasteiger partial charge in [-0.05, 0) is 37.2 Å². The highest BCUT2D eigenvalue weighted by atomic mass is 35.5. The van der Waals surface area contributed by atoms with Crippen molar-refractivity contribution in [3.8, 4) is 5.75 Å². The lowest BCUT2D eigenvalue weighted by Gasteiger charge is -2.18. The Morgan fingerprint density at radius 3 is 2.55 bits per heavy atom. The predicted molar refractivity (Wildman–Crippen MR) is 86.7 cm³/mol. The van der Waals surface area contributed by atoms with E-state index in [9.17, 15) is 0 Å². The smallest absolute Gasteiger partial charge is 0.137 e. The summed E-state index contributed by atoms with van der Waals surface area (Å²) in [6, 6.07) is 6.01. The van der Waals surface area contributed by atoms with E-state index in [1.165, 1.54) is 5.56 Å². The third-order valence-corrected chi connectivity index (χ3v) is 3.58. The van der Waals surface area contributed by atoms with E-state index in [0.29, 0.717) is 11.6 Å². The van der Waals surface area contributed by atoms with Crippen LogP contribution in [0.3, 0.4) is 0 Å². The Morgan fingerprint density at radius 1 is 1.20 bits per heavy atom. The van der Waals surface area contributed by atoms with E-state index >= 15 is 0 Å². The van der Waals surface area contributed by atoms with Gasteiger partial charge in [-0.2, -0.15) is 0 Å². The summed E-state index contributed by atoms with van der Waals surface area (Å²) in [7, 11) is 0. The minimum Gasteiger partial charge on any atom is -0.492 e. The zero-order valence-corrected chi connectivity index (χ0v) is 13.7. The lowest BCUT2D eigenvalue weighted by Crippen LogP contribution is -2.31. The summed E-state index contributed by atoms with van der Waals surface area (Å²) in [6.07, 6.45) is 0.991. The van der Waals surface area contributed by atoms with Crippen LogP contribution in [0.2, 0.25) is 5.02 Å². The fourth-order valence-electron chi connectivity index (χ4n) is 1.99. The summed E-state index contributed by atoms with van der Waals surface area (Å²) in [5, 5.41) is 4.15. The number of nitrogens with zero attached hydrogens (tertiary/aromatic N) is 1. The maximum Gasteiger partial charge on any atom is 0.137 e. The van der Waals surface area contributed by atoms with Crippen LogP contribution in [0, 0.1) is 0 Å². The Labute approximate surface area is 128 Å². The van der Waals surface area contributed by atoms with Gasteiger partial charge in [0.1, 0.15) is 5.75 Å². The molecule has 0 heterocycles. The second kappa shape index (κ2) is 10.0. The predicted octanol–water partition coefficient (Wildman–Crippen LogP) is 3.56. The van der Waals surface area contributed by atoms with Crippen molar-refractivity contribution in [1.82, 2.24) is 10.2 Å². The normalized spacial score (nSPS) is 11.1. The molecule has 0 aliphatic carbocycles. The first-order valence-electron chi connectivity index (χ1n) is 7.55. The van der Waals surface area contributed by atoms with E-state index in [1.54, 1.807) is 0 Å². The van der Waals surface area contributed by atoms with Gasteiger partial charge in [0.25, 0.3) is 0 Å². The number of ether oxygens (including phenoxy) is 1. The zero-order valence-electron chi connectivity index (χ0n) is 12.9. The van der Waals surface area contributed by atoms with Gasteiger partial charge in [-0.3, -0.25) is 0 Å². The average Bonchev–Trinajstić information content (AvgIpc) is 2.46. The molecule has 0 atom stereocenters. The van der Waals surface area contributed by atoms with Crippen molar-refractivity contribution >= 4 is 11.6 Å². The summed E-state index contributed by atoms with van der Waals surface area (Å²) in [5.74, 6) is 0.778. The Morgan fingerprint density at radius 2 is 1.95 bits per heavy atom. The molecule has 4 heteroatoms. The number of hydrogen-bond donors (Lipinski definition) is 1. The molecule has 0 spiro atoms. The van der Waals surface area contributed by atoms with E-state index in [4.69, 9.17) is 16.3 Å². The summed E-state index contributed by atoms with van der Waals surface area (Å²) < 4.78 is 5.57. The van der Waals surface area contributed by atoms with Crippen LogP contribution in [0.4, 0.5) is 0 Å². The van der Waals surface area contributed by atoms with E-state index < -0.39 is 0 Å². The van der Waals surface area contributed by atoms with Crippen molar-refractivity contribution in [2.45, 2.75) is 33.7 Å². The van der Waals surface area contributed by atoms with Crippen LogP contribution in [0.25, 0.3) is 0 Å². The molecule has 0 aliphatic rings. The molecular formula is C16H27ClN2O. The van der Waals surface area contributed by atoms with Gasteiger partial charge in [0, 0.05) is 19.6 Å². The molecule has 0 unspecified atom stereocenters. The largest absolute Gasteiger partial charge is 0.492 e. The van der Waals surface area contributed by atoms with E-state index in [0.717, 1.165) is 44.9 Å². The number of halogens is 1. The zero-order chi connectivity index (χ0) is 14.8. The highest BCUT2D eigenvalue weighted by Gasteiger charge is 2.03. The average molecular weight is 299 g/mol. The second-order valence-electron chi connectivity index (χ2n) is 4.82. The molecule has 0 saturated carbocycles. The first kappa shape index (κ1) is 17.3. The SMILES string of the molecule is CCCOc1ccc(CNCCN(CC)CC)cc1Cl. The number of nitrogens with one attached hydrogen (secondary N) is 1. The third-order valence-electron chi connectivity index (χ3n) is 3.29. The Kier molecular flexibility index (Phi) is 8.67. The topological polar surface area (TPSA) is 24.5 Å². The quantitative estimate of drug-likeness (QED) is 0.669. The fourth-order valence-corrected chi connectivity index (χ4v) is 2.25. The first-order valence-corrected chi connectivity index (χ1v) is 7.93. The van der Waals surface area contributed by atoms with Gasteiger partial charge in [-0.15, -0.1) is 0 Å². The van der Waals surface area contributed by atoms with E-state index in [-0.39, 0.29) is 0 Å². The minimum atomic E-state index is 0.696. The molecule has 0 fully saturated rings. The number of likely N-dealkylation sites (N-methyl/N-ethyl adjacent to an activating group) is 1. The molecule has 0 aliphatic heterocycles. The fraction of sp³-hybridized carbons (Fsp3) is 0.625. The molecule has 1 aromatic rings. The summed E-state index contributed by atoms with van der Waals surface area (Å²) in [4.78, 5) is 2.40. The van der Waals surface area contributed by atoms with Crippen LogP contribution in [-0.4, -0.2) is 37.7 Å². The third kappa shape index (κ3) is 6.12. The Hall–Kier alpha value is -0.770. The summed E-state index contributed by atoms with van der Waals surface area (Å²) >= 11 is 6.21. The van der Waals surface area contributed by atoms with Crippen molar-refractivity contribution < 1.29 is 4.74 Å². The van der Waals surface area contributed by atoms with Crippen LogP contribution in [0.1, 0.15) is 32.8 Å². The molecule has 0 radical (unpaired) electrons. The maximum absolute atomic E-state index is 6.21. The minimum absolute atomic E-state index is 0.696. The highest BCUT2D eigenvalue weighted by molar-refractivity contribution is 6.32. The van der Waals surface area contributed by atoms with E-state index in [1.807, 2.05) is 12.1 Å². The lowest BCUT2D eigenvalue weighted by molar-refractivity contribution is 0.302. The van der Waals surface area contributed by atoms with Crippen LogP contribution in [0.5, 0.6) is 5.75 Å². The standard InChI is InChI=1S/C16H27ClN2O/c1-4-11-20-16-8-7-14(12-15(16)17)13-18-9-10-19(5-2)6-3/h7-8,12,18H,4-6,9-11,13H2,1-3H3. The molecule has 0 amide bonds. The van der Waals surface area contributed by atoms with Gasteiger partial charge in [-0.25, -0.2) is 0 Å². The van der Waals surface area contributed by atoms with Gasteiger partial charge >= 0.3 is 0 Å². The van der Waals surface area contributed by atoms with Gasteiger partial charge in [0.2, 0.25) is 0 Å². The molecule has 3 nitrogen and oxygen atoms in total. The van der Waals surface area contributed by atoms with Crippen molar-refractivity contribution in [1.29, 1.82) is 0 Å². The highest BCUT2D eigenvalue weighted by Crippen LogP contribution is 2.25. The monoisotopic (exact) mass is 298 g/mol. The maximum atomic E-state index is 6.21. The lowest BCUT2D eigenvalue weighted by atomic mass is 10.2. The molecule has 1 aromatic carbocycles. The van der Waals surface area contributed by atoms with Crippen molar-refractivity contribution in [2.24, 2.45) is 0 Å². The van der Waals surface area contributed by atoms with Crippen LogP contribution in [0.15, 0.2) is 18.2 Å². The van der Waals surface area contributed by atoms with Crippen LogP contribution >= 0.6 is 11.6 Å². The molecule has 114 valence electrons. The van der Waals surface area contributed by atoms with Crippen LogP contribution in [-0.2, 0) is 6.54 Å². The van der Waals surface area contributed by atoms with Crippen molar-refractivity contribution in [2.75, 3.05) is 32.8 Å². The van der Waals surface area contributed by atoms with Crippen molar-refractivity contribution in [3.05, 3.63) is 28.8 Å². The summed E-state index contributed by atoms with van der Waals surface area (Å²) in [6.45, 7) is 12.3. The molecule has 20 heavy (non-hydrogen) atoms. The van der Waals surface area contributed by atoms with Gasteiger partial charge < -0.3 is 15.0 Å². The number of hydrogen-bond acceptors (Lipinski definition) is 3. The molecule has 0 saturated heterocycles. The molecule has 1 N–H and O–H groups in total. The Balaban J connectivity index is 2.35. The number of benzene rings is 1. The van der Waals surface area contributed by atoms with Gasteiger partial charge in [-0.1, -0.05) is 38.4 Å². The molecule has 0 bridgehead atoms. The molecule has 0 aromatic heterocycles. The molecular weight excluding hydrogens is 272 g/mol. The summed E-state index contributed by atoms with van der Waals surface area (Å²) in [5.41, 5.74) is 1.19. The van der Waals surface area contributed by atoms with Gasteiger partial charge in [0.15, 0.2) is 0 Å². The van der Waals surface area contributed by atoms with Gasteiger partial charge in [0.05, 0.1) is 11.6 Å².